The second kappa shape index (κ2) is 6.01. The zero-order valence-electron chi connectivity index (χ0n) is 10.7. The minimum absolute atomic E-state index is 0.0448. The Morgan fingerprint density at radius 3 is 2.62 bits per heavy atom. The molecule has 0 aromatic rings. The predicted octanol–water partition coefficient (Wildman–Crippen LogP) is 1.82. The van der Waals surface area contributed by atoms with Gasteiger partial charge in [-0.15, -0.1) is 0 Å². The average Bonchev–Trinajstić information content (AvgIpc) is 2.61. The lowest BCUT2D eigenvalue weighted by Crippen LogP contribution is -2.39. The fourth-order valence-corrected chi connectivity index (χ4v) is 2.50. The summed E-state index contributed by atoms with van der Waals surface area (Å²) >= 11 is 3.47. The Bertz CT molecular complexity index is 245. The Labute approximate surface area is 107 Å². The van der Waals surface area contributed by atoms with E-state index in [1.54, 1.807) is 0 Å². The van der Waals surface area contributed by atoms with Gasteiger partial charge in [-0.2, -0.15) is 0 Å². The summed E-state index contributed by atoms with van der Waals surface area (Å²) in [7, 11) is 4.06. The van der Waals surface area contributed by atoms with E-state index in [2.05, 4.69) is 41.7 Å². The van der Waals surface area contributed by atoms with E-state index in [4.69, 9.17) is 0 Å². The van der Waals surface area contributed by atoms with E-state index in [1.807, 2.05) is 11.9 Å². The molecule has 1 heterocycles. The molecule has 0 aromatic heterocycles. The third-order valence-corrected chi connectivity index (χ3v) is 4.67. The van der Waals surface area contributed by atoms with Gasteiger partial charge in [-0.25, -0.2) is 0 Å². The minimum atomic E-state index is -0.0448. The second-order valence-corrected chi connectivity index (χ2v) is 6.27. The van der Waals surface area contributed by atoms with E-state index in [9.17, 15) is 4.79 Å². The molecule has 0 N–H and O–H groups in total. The SMILES string of the molecule is CC(C)C(Br)C(=O)N(C)CC1CCN(C)C1. The van der Waals surface area contributed by atoms with E-state index < -0.39 is 0 Å². The fraction of sp³-hybridized carbons (Fsp3) is 0.917. The van der Waals surface area contributed by atoms with Crippen molar-refractivity contribution in [3.8, 4) is 0 Å². The summed E-state index contributed by atoms with van der Waals surface area (Å²) < 4.78 is 0. The van der Waals surface area contributed by atoms with E-state index >= 15 is 0 Å². The third kappa shape index (κ3) is 3.74. The first kappa shape index (κ1) is 14.0. The summed E-state index contributed by atoms with van der Waals surface area (Å²) in [6.07, 6.45) is 1.21. The molecule has 0 spiro atoms. The highest BCUT2D eigenvalue weighted by molar-refractivity contribution is 9.10. The van der Waals surface area contributed by atoms with Crippen molar-refractivity contribution < 1.29 is 4.79 Å². The molecule has 2 unspecified atom stereocenters. The Morgan fingerprint density at radius 1 is 1.56 bits per heavy atom. The molecular weight excluding hydrogens is 268 g/mol. The van der Waals surface area contributed by atoms with Gasteiger partial charge in [-0.3, -0.25) is 4.79 Å². The van der Waals surface area contributed by atoms with Crippen molar-refractivity contribution in [1.82, 2.24) is 9.80 Å². The highest BCUT2D eigenvalue weighted by Gasteiger charge is 2.26. The first-order chi connectivity index (χ1) is 7.41. The third-order valence-electron chi connectivity index (χ3n) is 3.22. The Balaban J connectivity index is 2.39. The molecule has 0 saturated carbocycles. The van der Waals surface area contributed by atoms with Crippen LogP contribution in [0.2, 0.25) is 0 Å². The maximum atomic E-state index is 12.0. The maximum absolute atomic E-state index is 12.0. The van der Waals surface area contributed by atoms with Crippen molar-refractivity contribution in [2.75, 3.05) is 33.7 Å². The fourth-order valence-electron chi connectivity index (χ4n) is 2.15. The quantitative estimate of drug-likeness (QED) is 0.738. The molecule has 0 bridgehead atoms. The van der Waals surface area contributed by atoms with Crippen molar-refractivity contribution in [2.45, 2.75) is 25.1 Å². The summed E-state index contributed by atoms with van der Waals surface area (Å²) in [5.41, 5.74) is 0. The molecule has 1 fully saturated rings. The Hall–Kier alpha value is -0.0900. The minimum Gasteiger partial charge on any atom is -0.344 e. The van der Waals surface area contributed by atoms with Crippen molar-refractivity contribution in [1.29, 1.82) is 0 Å². The van der Waals surface area contributed by atoms with Crippen LogP contribution in [0.3, 0.4) is 0 Å². The van der Waals surface area contributed by atoms with Crippen LogP contribution in [0.4, 0.5) is 0 Å². The van der Waals surface area contributed by atoms with Crippen LogP contribution in [0.5, 0.6) is 0 Å². The summed E-state index contributed by atoms with van der Waals surface area (Å²) in [5, 5.41) is 0. The monoisotopic (exact) mass is 290 g/mol. The largest absolute Gasteiger partial charge is 0.344 e. The van der Waals surface area contributed by atoms with Crippen LogP contribution in [0.1, 0.15) is 20.3 Å². The number of halogens is 1. The van der Waals surface area contributed by atoms with Crippen LogP contribution in [0.25, 0.3) is 0 Å². The van der Waals surface area contributed by atoms with Crippen molar-refractivity contribution in [2.24, 2.45) is 11.8 Å². The van der Waals surface area contributed by atoms with Gasteiger partial charge < -0.3 is 9.80 Å². The number of hydrogen-bond acceptors (Lipinski definition) is 2. The summed E-state index contributed by atoms with van der Waals surface area (Å²) in [6, 6.07) is 0. The number of alkyl halides is 1. The first-order valence-corrected chi connectivity index (χ1v) is 6.91. The molecule has 1 saturated heterocycles. The number of amides is 1. The van der Waals surface area contributed by atoms with Gasteiger partial charge in [0.2, 0.25) is 5.91 Å². The molecule has 94 valence electrons. The number of nitrogens with zero attached hydrogens (tertiary/aromatic N) is 2. The summed E-state index contributed by atoms with van der Waals surface area (Å²) in [6.45, 7) is 7.29. The topological polar surface area (TPSA) is 23.6 Å². The van der Waals surface area contributed by atoms with Gasteiger partial charge in [0.25, 0.3) is 0 Å². The Kier molecular flexibility index (Phi) is 5.25. The molecule has 3 nitrogen and oxygen atoms in total. The zero-order chi connectivity index (χ0) is 12.3. The lowest BCUT2D eigenvalue weighted by Gasteiger charge is -2.25. The molecule has 0 aliphatic carbocycles. The highest BCUT2D eigenvalue weighted by Crippen LogP contribution is 2.18. The van der Waals surface area contributed by atoms with Crippen LogP contribution in [-0.4, -0.2) is 54.3 Å². The molecular formula is C12H23BrN2O. The predicted molar refractivity (Wildman–Crippen MR) is 70.8 cm³/mol. The Morgan fingerprint density at radius 2 is 2.19 bits per heavy atom. The maximum Gasteiger partial charge on any atom is 0.236 e. The number of carbonyl (C=O) groups excluding carboxylic acids is 1. The molecule has 1 amide bonds. The van der Waals surface area contributed by atoms with Crippen LogP contribution in [0.15, 0.2) is 0 Å². The van der Waals surface area contributed by atoms with E-state index in [0.717, 1.165) is 19.6 Å². The lowest BCUT2D eigenvalue weighted by atomic mass is 10.1. The first-order valence-electron chi connectivity index (χ1n) is 5.99. The van der Waals surface area contributed by atoms with Gasteiger partial charge in [0, 0.05) is 20.1 Å². The number of likely N-dealkylation sites (tertiary alicyclic amines) is 1. The van der Waals surface area contributed by atoms with Crippen LogP contribution < -0.4 is 0 Å². The van der Waals surface area contributed by atoms with Gasteiger partial charge in [-0.05, 0) is 31.8 Å². The van der Waals surface area contributed by atoms with Gasteiger partial charge in [-0.1, -0.05) is 29.8 Å². The number of hydrogen-bond donors (Lipinski definition) is 0. The smallest absolute Gasteiger partial charge is 0.236 e. The van der Waals surface area contributed by atoms with E-state index in [0.29, 0.717) is 11.8 Å². The van der Waals surface area contributed by atoms with Gasteiger partial charge in [0.1, 0.15) is 0 Å². The molecule has 1 rings (SSSR count). The molecule has 0 aromatic carbocycles. The summed E-state index contributed by atoms with van der Waals surface area (Å²) in [5.74, 6) is 1.21. The normalized spacial score (nSPS) is 23.8. The molecule has 2 atom stereocenters. The molecule has 1 aliphatic rings. The van der Waals surface area contributed by atoms with Gasteiger partial charge in [0.15, 0.2) is 0 Å². The van der Waals surface area contributed by atoms with Crippen LogP contribution in [0, 0.1) is 11.8 Å². The molecule has 1 aliphatic heterocycles. The number of rotatable bonds is 4. The zero-order valence-corrected chi connectivity index (χ0v) is 12.3. The van der Waals surface area contributed by atoms with Crippen molar-refractivity contribution in [3.63, 3.8) is 0 Å². The molecule has 16 heavy (non-hydrogen) atoms. The second-order valence-electron chi connectivity index (χ2n) is 5.28. The van der Waals surface area contributed by atoms with Gasteiger partial charge >= 0.3 is 0 Å². The molecule has 0 radical (unpaired) electrons. The van der Waals surface area contributed by atoms with E-state index in [-0.39, 0.29) is 10.7 Å². The van der Waals surface area contributed by atoms with Crippen molar-refractivity contribution in [3.05, 3.63) is 0 Å². The molecule has 4 heteroatoms. The number of carbonyl (C=O) groups is 1. The lowest BCUT2D eigenvalue weighted by molar-refractivity contribution is -0.130. The summed E-state index contributed by atoms with van der Waals surface area (Å²) in [4.78, 5) is 16.2. The van der Waals surface area contributed by atoms with Crippen LogP contribution >= 0.6 is 15.9 Å². The van der Waals surface area contributed by atoms with Gasteiger partial charge in [0.05, 0.1) is 4.83 Å². The van der Waals surface area contributed by atoms with Crippen LogP contribution in [-0.2, 0) is 4.79 Å². The average molecular weight is 291 g/mol. The van der Waals surface area contributed by atoms with E-state index in [1.165, 1.54) is 6.42 Å². The standard InChI is InChI=1S/C12H23BrN2O/c1-9(2)11(13)12(16)15(4)8-10-5-6-14(3)7-10/h9-11H,5-8H2,1-4H3. The van der Waals surface area contributed by atoms with Crippen molar-refractivity contribution >= 4 is 21.8 Å². The highest BCUT2D eigenvalue weighted by atomic mass is 79.9.